The van der Waals surface area contributed by atoms with Gasteiger partial charge in [-0.25, -0.2) is 0 Å². The molecule has 0 aliphatic carbocycles. The fourth-order valence-corrected chi connectivity index (χ4v) is 6.56. The fraction of sp³-hybridized carbons (Fsp3) is 0.121. The lowest BCUT2D eigenvalue weighted by Crippen LogP contribution is -2.59. The molecular formula is C33H24N4O3. The summed E-state index contributed by atoms with van der Waals surface area (Å²) in [7, 11) is 0. The van der Waals surface area contributed by atoms with E-state index in [2.05, 4.69) is 6.07 Å². The van der Waals surface area contributed by atoms with Crippen LogP contribution in [-0.2, 0) is 38.4 Å². The molecule has 3 aliphatic heterocycles. The fourth-order valence-electron chi connectivity index (χ4n) is 6.56. The Labute approximate surface area is 231 Å². The first-order valence-electron chi connectivity index (χ1n) is 13.0. The van der Waals surface area contributed by atoms with Crippen molar-refractivity contribution in [2.24, 2.45) is 5.73 Å². The van der Waals surface area contributed by atoms with E-state index in [4.69, 9.17) is 10.5 Å². The van der Waals surface area contributed by atoms with Gasteiger partial charge in [0, 0.05) is 16.8 Å². The molecule has 2 N–H and O–H groups in total. The highest BCUT2D eigenvalue weighted by Crippen LogP contribution is 2.65. The van der Waals surface area contributed by atoms with Gasteiger partial charge in [-0.2, -0.15) is 5.26 Å². The van der Waals surface area contributed by atoms with E-state index in [0.29, 0.717) is 22.5 Å². The maximum atomic E-state index is 14.9. The number of nitrogens with zero attached hydrogens (tertiary/aromatic N) is 3. The molecule has 2 amide bonds. The smallest absolute Gasteiger partial charge is 0.278 e. The molecule has 2 spiro atoms. The van der Waals surface area contributed by atoms with Crippen molar-refractivity contribution in [3.63, 3.8) is 0 Å². The van der Waals surface area contributed by atoms with Gasteiger partial charge in [0.1, 0.15) is 11.6 Å². The van der Waals surface area contributed by atoms with E-state index in [1.54, 1.807) is 21.9 Å². The summed E-state index contributed by atoms with van der Waals surface area (Å²) in [6.45, 7) is 0.528. The normalized spacial score (nSPS) is 22.6. The number of nitrogens with two attached hydrogens (primary N) is 1. The highest BCUT2D eigenvalue weighted by molar-refractivity contribution is 6.20. The summed E-state index contributed by atoms with van der Waals surface area (Å²) in [5.74, 6) is -1.06. The largest absolute Gasteiger partial charge is 0.455 e. The van der Waals surface area contributed by atoms with Crippen molar-refractivity contribution in [3.8, 4) is 6.07 Å². The third-order valence-corrected chi connectivity index (χ3v) is 8.18. The van der Waals surface area contributed by atoms with Crippen molar-refractivity contribution in [2.75, 3.05) is 9.80 Å². The van der Waals surface area contributed by atoms with E-state index in [1.165, 1.54) is 0 Å². The molecule has 40 heavy (non-hydrogen) atoms. The van der Waals surface area contributed by atoms with Gasteiger partial charge in [0.15, 0.2) is 5.41 Å². The SMILES string of the molecule is N#CC1=C(N)O[C@@]2(C(=O)N(Cc3ccccc3)c3ccccc32)[C@]12C(=O)N(Cc1ccccc1)c1ccccc12. The van der Waals surface area contributed by atoms with Crippen LogP contribution in [0.25, 0.3) is 0 Å². The number of ether oxygens (including phenoxy) is 1. The molecule has 194 valence electrons. The van der Waals surface area contributed by atoms with Crippen molar-refractivity contribution in [3.05, 3.63) is 143 Å². The monoisotopic (exact) mass is 524 g/mol. The Balaban J connectivity index is 1.48. The van der Waals surface area contributed by atoms with Gasteiger partial charge < -0.3 is 20.3 Å². The molecule has 0 bridgehead atoms. The Kier molecular flexibility index (Phi) is 5.09. The second kappa shape index (κ2) is 8.58. The van der Waals surface area contributed by atoms with Crippen LogP contribution in [-0.4, -0.2) is 11.8 Å². The molecule has 0 radical (unpaired) electrons. The molecule has 7 rings (SSSR count). The summed E-state index contributed by atoms with van der Waals surface area (Å²) in [4.78, 5) is 33.0. The van der Waals surface area contributed by atoms with Crippen LogP contribution in [0.15, 0.2) is 121 Å². The van der Waals surface area contributed by atoms with E-state index in [1.807, 2.05) is 97.1 Å². The molecule has 7 nitrogen and oxygen atoms in total. The zero-order chi connectivity index (χ0) is 27.5. The maximum absolute atomic E-state index is 14.9. The molecule has 0 aromatic heterocycles. The van der Waals surface area contributed by atoms with Crippen LogP contribution >= 0.6 is 0 Å². The summed E-state index contributed by atoms with van der Waals surface area (Å²) in [5, 5.41) is 10.5. The van der Waals surface area contributed by atoms with Crippen LogP contribution in [0.1, 0.15) is 22.3 Å². The standard InChI is InChI=1S/C33H24N4O3/c34-19-26-29(35)40-33(25-16-8-10-18-28(25)37(31(33)39)21-23-13-5-2-6-14-23)32(26)24-15-7-9-17-27(24)36(30(32)38)20-22-11-3-1-4-12-22/h1-18H,20-21,35H2/t32-,33-/m0/s1. The lowest BCUT2D eigenvalue weighted by Gasteiger charge is -2.37. The van der Waals surface area contributed by atoms with Gasteiger partial charge in [0.05, 0.1) is 18.8 Å². The number of fused-ring (bicyclic) bond motifs is 5. The van der Waals surface area contributed by atoms with Crippen molar-refractivity contribution in [1.82, 2.24) is 0 Å². The van der Waals surface area contributed by atoms with Crippen LogP contribution in [0.4, 0.5) is 11.4 Å². The van der Waals surface area contributed by atoms with Crippen molar-refractivity contribution >= 4 is 23.2 Å². The number of nitriles is 1. The highest BCUT2D eigenvalue weighted by Gasteiger charge is 2.78. The molecule has 2 atom stereocenters. The quantitative estimate of drug-likeness (QED) is 0.419. The Morgan fingerprint density at radius 3 is 1.73 bits per heavy atom. The zero-order valence-corrected chi connectivity index (χ0v) is 21.5. The predicted molar refractivity (Wildman–Crippen MR) is 149 cm³/mol. The number of amides is 2. The summed E-state index contributed by atoms with van der Waals surface area (Å²) in [6.07, 6.45) is 0. The van der Waals surface area contributed by atoms with Gasteiger partial charge >= 0.3 is 0 Å². The number of anilines is 2. The van der Waals surface area contributed by atoms with E-state index >= 15 is 0 Å². The molecule has 0 fully saturated rings. The average Bonchev–Trinajstić information content (AvgIpc) is 3.50. The third kappa shape index (κ3) is 2.88. The summed E-state index contributed by atoms with van der Waals surface area (Å²) in [5.41, 5.74) is 6.80. The predicted octanol–water partition coefficient (Wildman–Crippen LogP) is 4.64. The minimum Gasteiger partial charge on any atom is -0.455 e. The minimum absolute atomic E-state index is 0.0507. The minimum atomic E-state index is -1.88. The van der Waals surface area contributed by atoms with E-state index in [9.17, 15) is 14.9 Å². The number of rotatable bonds is 4. The lowest BCUT2D eigenvalue weighted by molar-refractivity contribution is -0.148. The molecule has 3 heterocycles. The van der Waals surface area contributed by atoms with Gasteiger partial charge in [0.25, 0.3) is 5.91 Å². The first-order chi connectivity index (χ1) is 19.5. The van der Waals surface area contributed by atoms with Gasteiger partial charge in [0.2, 0.25) is 17.4 Å². The molecule has 0 unspecified atom stereocenters. The highest BCUT2D eigenvalue weighted by atomic mass is 16.5. The number of carbonyl (C=O) groups is 2. The first kappa shape index (κ1) is 23.7. The summed E-state index contributed by atoms with van der Waals surface area (Å²) >= 11 is 0. The van der Waals surface area contributed by atoms with E-state index in [0.717, 1.165) is 11.1 Å². The average molecular weight is 525 g/mol. The van der Waals surface area contributed by atoms with Crippen molar-refractivity contribution < 1.29 is 14.3 Å². The van der Waals surface area contributed by atoms with Crippen LogP contribution in [0, 0.1) is 11.3 Å². The first-order valence-corrected chi connectivity index (χ1v) is 13.0. The Bertz CT molecular complexity index is 1760. The van der Waals surface area contributed by atoms with Gasteiger partial charge in [-0.1, -0.05) is 97.1 Å². The van der Waals surface area contributed by atoms with Crippen LogP contribution < -0.4 is 15.5 Å². The van der Waals surface area contributed by atoms with Crippen molar-refractivity contribution in [1.29, 1.82) is 5.26 Å². The lowest BCUT2D eigenvalue weighted by atomic mass is 9.62. The number of hydrogen-bond acceptors (Lipinski definition) is 5. The molecule has 0 saturated carbocycles. The van der Waals surface area contributed by atoms with Gasteiger partial charge in [-0.3, -0.25) is 9.59 Å². The number of hydrogen-bond donors (Lipinski definition) is 1. The van der Waals surface area contributed by atoms with E-state index < -0.39 is 22.8 Å². The molecule has 4 aromatic rings. The zero-order valence-electron chi connectivity index (χ0n) is 21.5. The number of carbonyl (C=O) groups excluding carboxylic acids is 2. The molecule has 0 saturated heterocycles. The third-order valence-electron chi connectivity index (χ3n) is 8.18. The summed E-state index contributed by atoms with van der Waals surface area (Å²) in [6, 6.07) is 36.0. The van der Waals surface area contributed by atoms with Gasteiger partial charge in [-0.15, -0.1) is 0 Å². The Morgan fingerprint density at radius 1 is 0.675 bits per heavy atom. The number of benzene rings is 4. The van der Waals surface area contributed by atoms with Crippen molar-refractivity contribution in [2.45, 2.75) is 24.1 Å². The topological polar surface area (TPSA) is 99.7 Å². The van der Waals surface area contributed by atoms with Crippen LogP contribution in [0.3, 0.4) is 0 Å². The maximum Gasteiger partial charge on any atom is 0.278 e. The van der Waals surface area contributed by atoms with Gasteiger partial charge in [-0.05, 0) is 23.3 Å². The van der Waals surface area contributed by atoms with E-state index in [-0.39, 0.29) is 24.5 Å². The Morgan fingerprint density at radius 2 is 1.15 bits per heavy atom. The number of para-hydroxylation sites is 2. The Hall–Kier alpha value is -5.35. The second-order valence-electron chi connectivity index (χ2n) is 10.2. The molecular weight excluding hydrogens is 500 g/mol. The molecule has 4 aromatic carbocycles. The molecule has 7 heteroatoms. The molecule has 3 aliphatic rings. The second-order valence-corrected chi connectivity index (χ2v) is 10.2. The van der Waals surface area contributed by atoms with Crippen LogP contribution in [0.5, 0.6) is 0 Å². The summed E-state index contributed by atoms with van der Waals surface area (Å²) < 4.78 is 6.38. The van der Waals surface area contributed by atoms with Crippen LogP contribution in [0.2, 0.25) is 0 Å².